The molecule has 3 aliphatic rings. The Morgan fingerprint density at radius 1 is 1.10 bits per heavy atom. The number of carboxylic acid groups (broad SMARTS) is 1. The number of Topliss-reactive ketones (excluding diaryl/α,β-unsaturated/α-hetero) is 1. The Hall–Kier alpha value is -2.71. The number of carbonyl (C=O) groups excluding carboxylic acids is 2. The Kier molecular flexibility index (Phi) is 7.46. The van der Waals surface area contributed by atoms with Crippen molar-refractivity contribution in [2.24, 2.45) is 11.8 Å². The highest BCUT2D eigenvalue weighted by Gasteiger charge is 2.56. The predicted molar refractivity (Wildman–Crippen MR) is 110 cm³/mol. The molecule has 2 aliphatic heterocycles. The van der Waals surface area contributed by atoms with Gasteiger partial charge in [-0.3, -0.25) is 4.79 Å². The number of hydrogen-bond donors (Lipinski definition) is 2. The van der Waals surface area contributed by atoms with E-state index in [9.17, 15) is 19.5 Å². The molecule has 3 rings (SSSR count). The number of ether oxygens (including phenoxy) is 3. The number of hydrogen-bond acceptors (Lipinski definition) is 7. The van der Waals surface area contributed by atoms with Crippen molar-refractivity contribution < 1.29 is 38.8 Å². The predicted octanol–water partition coefficient (Wildman–Crippen LogP) is 2.09. The first kappa shape index (κ1) is 23.0. The molecule has 2 fully saturated rings. The number of aliphatic hydroxyl groups excluding tert-OH is 1. The quantitative estimate of drug-likeness (QED) is 0.385. The summed E-state index contributed by atoms with van der Waals surface area (Å²) in [6.45, 7) is 1.80. The van der Waals surface area contributed by atoms with Gasteiger partial charge in [0.1, 0.15) is 23.8 Å². The van der Waals surface area contributed by atoms with E-state index in [1.54, 1.807) is 25.2 Å². The maximum atomic E-state index is 13.1. The van der Waals surface area contributed by atoms with E-state index in [4.69, 9.17) is 19.3 Å². The Bertz CT molecular complexity index is 837. The van der Waals surface area contributed by atoms with Crippen LogP contribution < -0.4 is 0 Å². The number of carbonyl (C=O) groups is 3. The van der Waals surface area contributed by atoms with Crippen molar-refractivity contribution in [2.75, 3.05) is 7.11 Å². The molecule has 168 valence electrons. The lowest BCUT2D eigenvalue weighted by atomic mass is 9.69. The number of esters is 1. The van der Waals surface area contributed by atoms with Crippen LogP contribution in [0.1, 0.15) is 32.6 Å². The van der Waals surface area contributed by atoms with E-state index < -0.39 is 42.1 Å². The zero-order chi connectivity index (χ0) is 22.5. The van der Waals surface area contributed by atoms with E-state index in [-0.39, 0.29) is 29.6 Å². The van der Waals surface area contributed by atoms with Crippen molar-refractivity contribution in [3.05, 3.63) is 47.8 Å². The average Bonchev–Trinajstić information content (AvgIpc) is 3.08. The molecule has 6 unspecified atom stereocenters. The van der Waals surface area contributed by atoms with Gasteiger partial charge in [-0.15, -0.1) is 0 Å². The highest BCUT2D eigenvalue weighted by Crippen LogP contribution is 2.46. The van der Waals surface area contributed by atoms with E-state index >= 15 is 0 Å². The number of methoxy groups -OCH3 is 1. The zero-order valence-corrected chi connectivity index (χ0v) is 17.6. The molecule has 6 atom stereocenters. The summed E-state index contributed by atoms with van der Waals surface area (Å²) >= 11 is 0. The van der Waals surface area contributed by atoms with Crippen LogP contribution in [0.2, 0.25) is 0 Å². The molecule has 2 N–H and O–H groups in total. The van der Waals surface area contributed by atoms with Gasteiger partial charge in [0.15, 0.2) is 0 Å². The summed E-state index contributed by atoms with van der Waals surface area (Å²) in [6, 6.07) is 0. The summed E-state index contributed by atoms with van der Waals surface area (Å²) < 4.78 is 17.2. The van der Waals surface area contributed by atoms with Crippen LogP contribution in [-0.2, 0) is 28.6 Å². The molecule has 0 spiro atoms. The molecule has 0 bridgehead atoms. The smallest absolute Gasteiger partial charge is 0.338 e. The maximum Gasteiger partial charge on any atom is 0.338 e. The lowest BCUT2D eigenvalue weighted by Crippen LogP contribution is -2.52. The Morgan fingerprint density at radius 2 is 1.84 bits per heavy atom. The van der Waals surface area contributed by atoms with Crippen LogP contribution in [0.5, 0.6) is 0 Å². The average molecular weight is 432 g/mol. The number of aliphatic hydroxyl groups is 1. The van der Waals surface area contributed by atoms with Crippen LogP contribution in [0, 0.1) is 11.8 Å². The molecule has 0 aromatic heterocycles. The number of carboxylic acids is 1. The molecular weight excluding hydrogens is 404 g/mol. The van der Waals surface area contributed by atoms with Gasteiger partial charge in [0, 0.05) is 25.5 Å². The molecule has 0 radical (unpaired) electrons. The van der Waals surface area contributed by atoms with Crippen LogP contribution >= 0.6 is 0 Å². The molecule has 1 saturated carbocycles. The highest BCUT2D eigenvalue weighted by atomic mass is 16.6. The molecule has 1 saturated heterocycles. The minimum Gasteiger partial charge on any atom is -0.486 e. The fourth-order valence-corrected chi connectivity index (χ4v) is 4.50. The third kappa shape index (κ3) is 5.14. The maximum absolute atomic E-state index is 13.1. The standard InChI is InChI=1S/C23H28O8/c1-13-8-7-9-14(24)19-15(25)12-17(29-2)22-21(19)20(23(28)30-13)16(31-22)10-5-3-4-6-11-18(26)27/h3-6,10-11,13-14,17,19,21-22,24H,7-9,12H2,1-2H3,(H,26,27). The minimum atomic E-state index is -1.06. The topological polar surface area (TPSA) is 119 Å². The molecule has 2 heterocycles. The summed E-state index contributed by atoms with van der Waals surface area (Å²) in [7, 11) is 1.49. The van der Waals surface area contributed by atoms with Gasteiger partial charge in [0.2, 0.25) is 0 Å². The Morgan fingerprint density at radius 3 is 2.55 bits per heavy atom. The van der Waals surface area contributed by atoms with E-state index in [0.717, 1.165) is 6.08 Å². The van der Waals surface area contributed by atoms with Gasteiger partial charge < -0.3 is 24.4 Å². The first-order valence-electron chi connectivity index (χ1n) is 10.4. The fraction of sp³-hybridized carbons (Fsp3) is 0.522. The van der Waals surface area contributed by atoms with E-state index in [1.807, 2.05) is 0 Å². The van der Waals surface area contributed by atoms with Crippen LogP contribution in [0.3, 0.4) is 0 Å². The lowest BCUT2D eigenvalue weighted by Gasteiger charge is -2.39. The number of cyclic esters (lactones) is 1. The minimum absolute atomic E-state index is 0.106. The molecule has 1 aliphatic carbocycles. The Balaban J connectivity index is 1.99. The second-order valence-corrected chi connectivity index (χ2v) is 8.01. The van der Waals surface area contributed by atoms with E-state index in [2.05, 4.69) is 0 Å². The first-order chi connectivity index (χ1) is 14.8. The molecule has 0 aromatic carbocycles. The molecular formula is C23H28O8. The second kappa shape index (κ2) is 10.1. The van der Waals surface area contributed by atoms with Crippen molar-refractivity contribution in [3.63, 3.8) is 0 Å². The van der Waals surface area contributed by atoms with Crippen molar-refractivity contribution >= 4 is 17.7 Å². The molecule has 0 aromatic rings. The first-order valence-corrected chi connectivity index (χ1v) is 10.4. The number of allylic oxidation sites excluding steroid dienone is 5. The van der Waals surface area contributed by atoms with Gasteiger partial charge in [0.05, 0.1) is 23.7 Å². The number of aliphatic carboxylic acids is 1. The van der Waals surface area contributed by atoms with E-state index in [0.29, 0.717) is 19.3 Å². The zero-order valence-electron chi connectivity index (χ0n) is 17.6. The van der Waals surface area contributed by atoms with E-state index in [1.165, 1.54) is 19.3 Å². The normalized spacial score (nSPS) is 34.3. The summed E-state index contributed by atoms with van der Waals surface area (Å²) in [5.74, 6) is -2.90. The lowest BCUT2D eigenvalue weighted by molar-refractivity contribution is -0.152. The van der Waals surface area contributed by atoms with Crippen molar-refractivity contribution in [2.45, 2.75) is 57.0 Å². The van der Waals surface area contributed by atoms with Crippen molar-refractivity contribution in [3.8, 4) is 0 Å². The largest absolute Gasteiger partial charge is 0.486 e. The van der Waals surface area contributed by atoms with Crippen LogP contribution in [0.4, 0.5) is 0 Å². The van der Waals surface area contributed by atoms with Gasteiger partial charge in [-0.2, -0.15) is 0 Å². The van der Waals surface area contributed by atoms with Gasteiger partial charge in [-0.25, -0.2) is 9.59 Å². The summed E-state index contributed by atoms with van der Waals surface area (Å²) in [6.07, 6.45) is 8.13. The third-order valence-electron chi connectivity index (χ3n) is 5.92. The van der Waals surface area contributed by atoms with Crippen molar-refractivity contribution in [1.82, 2.24) is 0 Å². The monoisotopic (exact) mass is 432 g/mol. The third-order valence-corrected chi connectivity index (χ3v) is 5.92. The Labute approximate surface area is 180 Å². The number of ketones is 1. The van der Waals surface area contributed by atoms with Gasteiger partial charge in [-0.05, 0) is 32.3 Å². The van der Waals surface area contributed by atoms with Crippen molar-refractivity contribution in [1.29, 1.82) is 0 Å². The van der Waals surface area contributed by atoms with Crippen LogP contribution in [0.25, 0.3) is 0 Å². The SMILES string of the molecule is COC1CC(=O)C2C(O)CCCC(C)OC(=O)C3=C(C=CC=CC=CC(=O)O)OC1C32. The second-order valence-electron chi connectivity index (χ2n) is 8.01. The number of rotatable bonds is 5. The molecule has 0 amide bonds. The fourth-order valence-electron chi connectivity index (χ4n) is 4.50. The van der Waals surface area contributed by atoms with Gasteiger partial charge in [0.25, 0.3) is 0 Å². The summed E-state index contributed by atoms with van der Waals surface area (Å²) in [4.78, 5) is 36.5. The molecule has 8 heteroatoms. The summed E-state index contributed by atoms with van der Waals surface area (Å²) in [5.41, 5.74) is 0.239. The molecule has 8 nitrogen and oxygen atoms in total. The van der Waals surface area contributed by atoms with Gasteiger partial charge in [-0.1, -0.05) is 24.3 Å². The molecule has 31 heavy (non-hydrogen) atoms. The summed E-state index contributed by atoms with van der Waals surface area (Å²) in [5, 5.41) is 19.4. The van der Waals surface area contributed by atoms with Crippen LogP contribution in [-0.4, -0.2) is 59.5 Å². The highest BCUT2D eigenvalue weighted by molar-refractivity contribution is 5.94. The van der Waals surface area contributed by atoms with Gasteiger partial charge >= 0.3 is 11.9 Å². The van der Waals surface area contributed by atoms with Crippen LogP contribution in [0.15, 0.2) is 47.8 Å².